The largest absolute Gasteiger partial charge is 0.454 e. The van der Waals surface area contributed by atoms with E-state index < -0.39 is 0 Å². The minimum atomic E-state index is 0.0390. The van der Waals surface area contributed by atoms with Gasteiger partial charge in [0.2, 0.25) is 0 Å². The molecule has 0 bridgehead atoms. The predicted octanol–water partition coefficient (Wildman–Crippen LogP) is 5.27. The summed E-state index contributed by atoms with van der Waals surface area (Å²) in [4.78, 5) is 14.9. The van der Waals surface area contributed by atoms with E-state index in [1.54, 1.807) is 48.8 Å². The molecule has 170 valence electrons. The third-order valence-electron chi connectivity index (χ3n) is 5.98. The molecule has 0 unspecified atom stereocenters. The molecule has 0 radical (unpaired) electrons. The van der Waals surface area contributed by atoms with Gasteiger partial charge in [-0.1, -0.05) is 23.7 Å². The van der Waals surface area contributed by atoms with Crippen molar-refractivity contribution in [3.63, 3.8) is 0 Å². The van der Waals surface area contributed by atoms with Gasteiger partial charge < -0.3 is 4.74 Å². The van der Waals surface area contributed by atoms with E-state index in [-0.39, 0.29) is 5.78 Å². The molecule has 3 aromatic rings. The van der Waals surface area contributed by atoms with Crippen LogP contribution in [0.3, 0.4) is 0 Å². The zero-order valence-electron chi connectivity index (χ0n) is 18.4. The average molecular weight is 472 g/mol. The molecule has 1 aromatic heterocycles. The molecule has 0 atom stereocenters. The first kappa shape index (κ1) is 23.4. The van der Waals surface area contributed by atoms with Crippen molar-refractivity contribution in [3.8, 4) is 34.8 Å². The van der Waals surface area contributed by atoms with Crippen LogP contribution in [0.2, 0.25) is 5.02 Å². The van der Waals surface area contributed by atoms with Gasteiger partial charge >= 0.3 is 0 Å². The maximum atomic E-state index is 12.8. The van der Waals surface area contributed by atoms with E-state index in [1.165, 1.54) is 0 Å². The number of carbonyl (C=O) groups is 1. The normalized spacial score (nSPS) is 14.2. The molecule has 0 aliphatic carbocycles. The third-order valence-corrected chi connectivity index (χ3v) is 6.28. The predicted molar refractivity (Wildman–Crippen MR) is 127 cm³/mol. The Morgan fingerprint density at radius 1 is 1.12 bits per heavy atom. The Kier molecular flexibility index (Phi) is 7.49. The van der Waals surface area contributed by atoms with Crippen LogP contribution in [0, 0.1) is 28.6 Å². The molecule has 34 heavy (non-hydrogen) atoms. The van der Waals surface area contributed by atoms with Gasteiger partial charge in [-0.15, -0.1) is 0 Å². The fraction of sp³-hybridized carbons (Fsp3) is 0.269. The number of nitrogens with zero attached hydrogens (tertiary/aromatic N) is 5. The van der Waals surface area contributed by atoms with Crippen LogP contribution in [-0.2, 0) is 0 Å². The highest BCUT2D eigenvalue weighted by Gasteiger charge is 2.22. The summed E-state index contributed by atoms with van der Waals surface area (Å²) in [6, 6.07) is 16.4. The number of nitriles is 2. The summed E-state index contributed by atoms with van der Waals surface area (Å²) in [5.74, 6) is 1.07. The lowest BCUT2D eigenvalue weighted by Gasteiger charge is -2.29. The van der Waals surface area contributed by atoms with Crippen LogP contribution >= 0.6 is 11.6 Å². The minimum absolute atomic E-state index is 0.0390. The number of ether oxygens (including phenoxy) is 1. The number of benzene rings is 2. The van der Waals surface area contributed by atoms with Crippen LogP contribution in [0.4, 0.5) is 0 Å². The Hall–Kier alpha value is -3.78. The molecule has 4 rings (SSSR count). The number of likely N-dealkylation sites (tertiary alicyclic amines) is 1. The molecule has 0 N–H and O–H groups in total. The lowest BCUT2D eigenvalue weighted by Crippen LogP contribution is -2.34. The molecule has 1 saturated heterocycles. The van der Waals surface area contributed by atoms with Crippen LogP contribution in [0.15, 0.2) is 54.9 Å². The van der Waals surface area contributed by atoms with E-state index in [2.05, 4.69) is 27.2 Å². The maximum Gasteiger partial charge on any atom is 0.163 e. The van der Waals surface area contributed by atoms with Crippen molar-refractivity contribution in [3.05, 3.63) is 71.0 Å². The van der Waals surface area contributed by atoms with E-state index in [0.29, 0.717) is 52.1 Å². The summed E-state index contributed by atoms with van der Waals surface area (Å²) in [5, 5.41) is 26.5. The van der Waals surface area contributed by atoms with Gasteiger partial charge in [-0.05, 0) is 62.2 Å². The smallest absolute Gasteiger partial charge is 0.163 e. The highest BCUT2D eigenvalue weighted by atomic mass is 35.5. The van der Waals surface area contributed by atoms with Crippen LogP contribution in [-0.4, -0.2) is 40.5 Å². The van der Waals surface area contributed by atoms with Crippen LogP contribution in [0.25, 0.3) is 11.1 Å². The molecule has 1 aliphatic rings. The molecule has 2 heterocycles. The number of hydrogen-bond acceptors (Lipinski definition) is 7. The molecule has 1 fully saturated rings. The maximum absolute atomic E-state index is 12.8. The number of ketones is 1. The van der Waals surface area contributed by atoms with Gasteiger partial charge in [0.15, 0.2) is 5.78 Å². The van der Waals surface area contributed by atoms with Gasteiger partial charge in [0.25, 0.3) is 0 Å². The fourth-order valence-corrected chi connectivity index (χ4v) is 4.35. The number of Topliss-reactive ketones (excluding diaryl/α,β-unsaturated/α-hetero) is 1. The first-order chi connectivity index (χ1) is 16.6. The molecule has 1 aliphatic heterocycles. The van der Waals surface area contributed by atoms with Crippen molar-refractivity contribution in [2.45, 2.75) is 19.3 Å². The quantitative estimate of drug-likeness (QED) is 0.341. The minimum Gasteiger partial charge on any atom is -0.454 e. The fourth-order valence-electron chi connectivity index (χ4n) is 4.13. The zero-order chi connectivity index (χ0) is 23.9. The summed E-state index contributed by atoms with van der Waals surface area (Å²) in [7, 11) is 0. The van der Waals surface area contributed by atoms with E-state index >= 15 is 0 Å². The lowest BCUT2D eigenvalue weighted by molar-refractivity contribution is 0.0932. The van der Waals surface area contributed by atoms with E-state index in [9.17, 15) is 10.1 Å². The summed E-state index contributed by atoms with van der Waals surface area (Å²) in [6.45, 7) is 2.12. The number of aromatic nitrogens is 2. The van der Waals surface area contributed by atoms with Crippen molar-refractivity contribution < 1.29 is 9.53 Å². The average Bonchev–Trinajstić information content (AvgIpc) is 2.87. The topological polar surface area (TPSA) is 103 Å². The van der Waals surface area contributed by atoms with Crippen molar-refractivity contribution in [2.24, 2.45) is 5.92 Å². The number of hydrogen-bond donors (Lipinski definition) is 0. The van der Waals surface area contributed by atoms with Gasteiger partial charge in [0.1, 0.15) is 23.1 Å². The highest BCUT2D eigenvalue weighted by Crippen LogP contribution is 2.36. The second kappa shape index (κ2) is 10.9. The summed E-state index contributed by atoms with van der Waals surface area (Å²) >= 11 is 6.46. The van der Waals surface area contributed by atoms with E-state index in [0.717, 1.165) is 31.5 Å². The van der Waals surface area contributed by atoms with E-state index in [1.807, 2.05) is 6.07 Å². The Labute approximate surface area is 203 Å². The molecule has 2 aromatic carbocycles. The SMILES string of the molecule is N#CCN1CCC(CC(=O)c2ccc(Oc3cccc(-c4ccnnc4)c3C#N)c(Cl)c2)CC1. The Morgan fingerprint density at radius 2 is 1.94 bits per heavy atom. The van der Waals surface area contributed by atoms with Gasteiger partial charge in [-0.3, -0.25) is 9.69 Å². The van der Waals surface area contributed by atoms with Gasteiger partial charge in [-0.2, -0.15) is 20.7 Å². The second-order valence-corrected chi connectivity index (χ2v) is 8.58. The number of rotatable bonds is 7. The van der Waals surface area contributed by atoms with Crippen molar-refractivity contribution in [1.82, 2.24) is 15.1 Å². The standard InChI is InChI=1S/C26H22ClN5O2/c27-23-15-19(24(33)14-18-7-11-32(12-8-18)13-9-28)4-5-26(23)34-25-3-1-2-21(22(25)16-29)20-6-10-30-31-17-20/h1-6,10,15,17-18H,7-8,11-14H2. The number of halogens is 1. The van der Waals surface area contributed by atoms with Gasteiger partial charge in [0, 0.05) is 23.1 Å². The summed E-state index contributed by atoms with van der Waals surface area (Å²) < 4.78 is 5.98. The van der Waals surface area contributed by atoms with Crippen molar-refractivity contribution in [1.29, 1.82) is 10.5 Å². The Bertz CT molecular complexity index is 1260. The molecule has 0 spiro atoms. The molecular formula is C26H22ClN5O2. The van der Waals surface area contributed by atoms with Gasteiger partial charge in [-0.25, -0.2) is 0 Å². The molecule has 8 heteroatoms. The van der Waals surface area contributed by atoms with E-state index in [4.69, 9.17) is 21.6 Å². The van der Waals surface area contributed by atoms with Crippen molar-refractivity contribution >= 4 is 17.4 Å². The summed E-state index contributed by atoms with van der Waals surface area (Å²) in [5.41, 5.74) is 2.32. The monoisotopic (exact) mass is 471 g/mol. The van der Waals surface area contributed by atoms with Gasteiger partial charge in [0.05, 0.1) is 30.0 Å². The van der Waals surface area contributed by atoms with Crippen LogP contribution in [0.1, 0.15) is 35.2 Å². The zero-order valence-corrected chi connectivity index (χ0v) is 19.2. The molecule has 0 saturated carbocycles. The second-order valence-electron chi connectivity index (χ2n) is 8.17. The molecule has 0 amide bonds. The third kappa shape index (κ3) is 5.40. The first-order valence-electron chi connectivity index (χ1n) is 11.0. The molecular weight excluding hydrogens is 450 g/mol. The number of carbonyl (C=O) groups excluding carboxylic acids is 1. The Morgan fingerprint density at radius 3 is 2.62 bits per heavy atom. The van der Waals surface area contributed by atoms with Crippen molar-refractivity contribution in [2.75, 3.05) is 19.6 Å². The molecule has 7 nitrogen and oxygen atoms in total. The lowest BCUT2D eigenvalue weighted by atomic mass is 9.90. The number of piperidine rings is 1. The Balaban J connectivity index is 1.47. The highest BCUT2D eigenvalue weighted by molar-refractivity contribution is 6.32. The van der Waals surface area contributed by atoms with Crippen LogP contribution in [0.5, 0.6) is 11.5 Å². The summed E-state index contributed by atoms with van der Waals surface area (Å²) in [6.07, 6.45) is 5.41. The first-order valence-corrected chi connectivity index (χ1v) is 11.4. The van der Waals surface area contributed by atoms with Crippen LogP contribution < -0.4 is 4.74 Å².